The zero-order valence-electron chi connectivity index (χ0n) is 18.2. The molecule has 0 unspecified atom stereocenters. The molecule has 1 heteroatoms. The summed E-state index contributed by atoms with van der Waals surface area (Å²) in [5.41, 5.74) is 2.62. The van der Waals surface area contributed by atoms with Gasteiger partial charge in [0, 0.05) is 0 Å². The number of hydrogen-bond donors (Lipinski definition) is 0. The van der Waals surface area contributed by atoms with Crippen LogP contribution in [0.3, 0.4) is 0 Å². The van der Waals surface area contributed by atoms with Crippen LogP contribution in [-0.2, 0) is 0 Å². The quantitative estimate of drug-likeness (QED) is 0.198. The second-order valence-electron chi connectivity index (χ2n) is 8.21. The number of fused-ring (bicyclic) bond motifs is 3. The van der Waals surface area contributed by atoms with Crippen LogP contribution in [0.2, 0.25) is 0 Å². The van der Waals surface area contributed by atoms with Crippen molar-refractivity contribution in [2.45, 2.75) is 0 Å². The minimum atomic E-state index is -0.689. The Labute approximate surface area is 195 Å². The standard InChI is InChI=1S/C32H23P/c1-3-14-25(15-4-1)33(26-16-5-2-6-17-26)32-22-12-11-21-30(32)31-23-24-13-7-8-18-27(24)28-19-9-10-20-29(28)31/h1-23H. The third-order valence-electron chi connectivity index (χ3n) is 6.23. The van der Waals surface area contributed by atoms with Crippen molar-refractivity contribution in [3.8, 4) is 11.1 Å². The zero-order chi connectivity index (χ0) is 22.0. The molecule has 0 spiro atoms. The summed E-state index contributed by atoms with van der Waals surface area (Å²) < 4.78 is 0. The summed E-state index contributed by atoms with van der Waals surface area (Å²) in [6.45, 7) is 0. The molecular formula is C32H23P. The van der Waals surface area contributed by atoms with Crippen LogP contribution >= 0.6 is 7.92 Å². The third kappa shape index (κ3) is 3.63. The van der Waals surface area contributed by atoms with Gasteiger partial charge in [0.05, 0.1) is 0 Å². The fourth-order valence-corrected chi connectivity index (χ4v) is 7.22. The Kier molecular flexibility index (Phi) is 5.23. The summed E-state index contributed by atoms with van der Waals surface area (Å²) in [6, 6.07) is 50.8. The first-order valence-electron chi connectivity index (χ1n) is 11.3. The van der Waals surface area contributed by atoms with E-state index in [9.17, 15) is 0 Å². The average molecular weight is 439 g/mol. The van der Waals surface area contributed by atoms with Crippen molar-refractivity contribution in [1.82, 2.24) is 0 Å². The van der Waals surface area contributed by atoms with E-state index in [4.69, 9.17) is 0 Å². The summed E-state index contributed by atoms with van der Waals surface area (Å²) in [6.07, 6.45) is 0. The maximum atomic E-state index is 2.38. The van der Waals surface area contributed by atoms with Crippen molar-refractivity contribution < 1.29 is 0 Å². The highest BCUT2D eigenvalue weighted by Crippen LogP contribution is 2.40. The molecule has 0 radical (unpaired) electrons. The lowest BCUT2D eigenvalue weighted by Gasteiger charge is -2.23. The first kappa shape index (κ1) is 19.9. The molecule has 0 amide bonds. The molecule has 0 bridgehead atoms. The van der Waals surface area contributed by atoms with Gasteiger partial charge in [0.1, 0.15) is 0 Å². The van der Waals surface area contributed by atoms with Gasteiger partial charge in [-0.2, -0.15) is 0 Å². The summed E-state index contributed by atoms with van der Waals surface area (Å²) >= 11 is 0. The SMILES string of the molecule is c1ccc(P(c2ccccc2)c2ccccc2-c2cc3ccccc3c3ccccc23)cc1. The lowest BCUT2D eigenvalue weighted by atomic mass is 9.93. The van der Waals surface area contributed by atoms with E-state index in [-0.39, 0.29) is 0 Å². The maximum absolute atomic E-state index is 2.38. The molecule has 156 valence electrons. The Morgan fingerprint density at radius 3 is 1.58 bits per heavy atom. The predicted octanol–water partition coefficient (Wildman–Crippen LogP) is 7.42. The van der Waals surface area contributed by atoms with Crippen molar-refractivity contribution in [2.24, 2.45) is 0 Å². The number of benzene rings is 6. The first-order chi connectivity index (χ1) is 16.4. The lowest BCUT2D eigenvalue weighted by Crippen LogP contribution is -2.22. The summed E-state index contributed by atoms with van der Waals surface area (Å²) in [5.74, 6) is 0. The van der Waals surface area contributed by atoms with Crippen LogP contribution in [-0.4, -0.2) is 0 Å². The van der Waals surface area contributed by atoms with Crippen LogP contribution in [0.5, 0.6) is 0 Å². The average Bonchev–Trinajstić information content (AvgIpc) is 2.90. The van der Waals surface area contributed by atoms with Crippen LogP contribution in [0.1, 0.15) is 0 Å². The first-order valence-corrected chi connectivity index (χ1v) is 12.6. The molecule has 6 aromatic carbocycles. The van der Waals surface area contributed by atoms with Crippen molar-refractivity contribution in [1.29, 1.82) is 0 Å². The smallest absolute Gasteiger partial charge is 0.00724 e. The van der Waals surface area contributed by atoms with Gasteiger partial charge in [-0.1, -0.05) is 133 Å². The second-order valence-corrected chi connectivity index (χ2v) is 10.4. The van der Waals surface area contributed by atoms with E-state index in [1.807, 2.05) is 0 Å². The van der Waals surface area contributed by atoms with Gasteiger partial charge in [-0.25, -0.2) is 0 Å². The van der Waals surface area contributed by atoms with Gasteiger partial charge >= 0.3 is 0 Å². The van der Waals surface area contributed by atoms with E-state index in [2.05, 4.69) is 140 Å². The van der Waals surface area contributed by atoms with Crippen molar-refractivity contribution >= 4 is 45.4 Å². The Hall–Kier alpha value is -3.73. The van der Waals surface area contributed by atoms with Crippen LogP contribution in [0, 0.1) is 0 Å². The fraction of sp³-hybridized carbons (Fsp3) is 0. The largest absolute Gasteiger partial charge is 0.0622 e. The molecule has 0 nitrogen and oxygen atoms in total. The Morgan fingerprint density at radius 2 is 0.879 bits per heavy atom. The maximum Gasteiger partial charge on any atom is -0.00724 e. The van der Waals surface area contributed by atoms with Crippen molar-refractivity contribution in [2.75, 3.05) is 0 Å². The molecule has 6 aromatic rings. The van der Waals surface area contributed by atoms with E-state index >= 15 is 0 Å². The van der Waals surface area contributed by atoms with Crippen LogP contribution in [0.4, 0.5) is 0 Å². The molecule has 0 aromatic heterocycles. The van der Waals surface area contributed by atoms with Gasteiger partial charge in [0.15, 0.2) is 0 Å². The zero-order valence-corrected chi connectivity index (χ0v) is 19.1. The van der Waals surface area contributed by atoms with E-state index in [1.54, 1.807) is 0 Å². The third-order valence-corrected chi connectivity index (χ3v) is 8.73. The van der Waals surface area contributed by atoms with E-state index < -0.39 is 7.92 Å². The van der Waals surface area contributed by atoms with Crippen LogP contribution < -0.4 is 15.9 Å². The minimum Gasteiger partial charge on any atom is -0.0622 e. The fourth-order valence-electron chi connectivity index (χ4n) is 4.75. The molecule has 0 N–H and O–H groups in total. The van der Waals surface area contributed by atoms with E-state index in [1.165, 1.54) is 48.6 Å². The van der Waals surface area contributed by atoms with Gasteiger partial charge < -0.3 is 0 Å². The summed E-state index contributed by atoms with van der Waals surface area (Å²) in [5, 5.41) is 9.34. The molecule has 0 aliphatic heterocycles. The van der Waals surface area contributed by atoms with Crippen molar-refractivity contribution in [3.05, 3.63) is 140 Å². The molecule has 6 rings (SSSR count). The normalized spacial score (nSPS) is 11.3. The molecule has 0 aliphatic carbocycles. The van der Waals surface area contributed by atoms with Crippen molar-refractivity contribution in [3.63, 3.8) is 0 Å². The van der Waals surface area contributed by atoms with Crippen LogP contribution in [0.25, 0.3) is 32.7 Å². The highest BCUT2D eigenvalue weighted by molar-refractivity contribution is 7.80. The molecule has 0 saturated heterocycles. The van der Waals surface area contributed by atoms with Gasteiger partial charge in [-0.15, -0.1) is 0 Å². The highest BCUT2D eigenvalue weighted by Gasteiger charge is 2.21. The number of hydrogen-bond acceptors (Lipinski definition) is 0. The summed E-state index contributed by atoms with van der Waals surface area (Å²) in [4.78, 5) is 0. The van der Waals surface area contributed by atoms with Crippen LogP contribution in [0.15, 0.2) is 140 Å². The predicted molar refractivity (Wildman–Crippen MR) is 146 cm³/mol. The Balaban J connectivity index is 1.66. The molecule has 0 aliphatic rings. The van der Waals surface area contributed by atoms with Gasteiger partial charge in [-0.05, 0) is 62.6 Å². The highest BCUT2D eigenvalue weighted by atomic mass is 31.1. The lowest BCUT2D eigenvalue weighted by molar-refractivity contribution is 1.69. The molecule has 0 atom stereocenters. The second kappa shape index (κ2) is 8.66. The Morgan fingerprint density at radius 1 is 0.364 bits per heavy atom. The number of rotatable bonds is 4. The van der Waals surface area contributed by atoms with E-state index in [0.717, 1.165) is 0 Å². The molecule has 0 fully saturated rings. The topological polar surface area (TPSA) is 0 Å². The van der Waals surface area contributed by atoms with E-state index in [0.29, 0.717) is 0 Å². The molecular weight excluding hydrogens is 415 g/mol. The summed E-state index contributed by atoms with van der Waals surface area (Å²) in [7, 11) is -0.689. The minimum absolute atomic E-state index is 0.689. The monoisotopic (exact) mass is 438 g/mol. The van der Waals surface area contributed by atoms with Gasteiger partial charge in [0.25, 0.3) is 0 Å². The van der Waals surface area contributed by atoms with Gasteiger partial charge in [0.2, 0.25) is 0 Å². The molecule has 0 saturated carbocycles. The Bertz CT molecular complexity index is 1510. The van der Waals surface area contributed by atoms with Gasteiger partial charge in [-0.3, -0.25) is 0 Å². The molecule has 0 heterocycles. The molecule has 33 heavy (non-hydrogen) atoms.